The van der Waals surface area contributed by atoms with E-state index in [0.29, 0.717) is 0 Å². The van der Waals surface area contributed by atoms with E-state index in [1.54, 1.807) is 11.1 Å². The van der Waals surface area contributed by atoms with E-state index >= 15 is 0 Å². The summed E-state index contributed by atoms with van der Waals surface area (Å²) in [7, 11) is 4.39. The van der Waals surface area contributed by atoms with Crippen molar-refractivity contribution in [2.75, 3.05) is 20.6 Å². The lowest BCUT2D eigenvalue weighted by Gasteiger charge is -2.23. The van der Waals surface area contributed by atoms with Crippen LogP contribution < -0.4 is 0 Å². The highest BCUT2D eigenvalue weighted by Gasteiger charge is 2.39. The van der Waals surface area contributed by atoms with Gasteiger partial charge in [-0.3, -0.25) is 0 Å². The normalized spacial score (nSPS) is 24.1. The van der Waals surface area contributed by atoms with Gasteiger partial charge in [0.15, 0.2) is 0 Å². The third-order valence-corrected chi connectivity index (χ3v) is 5.83. The summed E-state index contributed by atoms with van der Waals surface area (Å²) in [5, 5.41) is 3.61. The zero-order valence-corrected chi connectivity index (χ0v) is 14.3. The number of benzene rings is 1. The zero-order valence-electron chi connectivity index (χ0n) is 12.6. The number of allylic oxidation sites excluding steroid dienone is 1. The Bertz CT molecular complexity index is 685. The third-order valence-electron chi connectivity index (χ3n) is 4.93. The number of fused-ring (bicyclic) bond motifs is 3. The van der Waals surface area contributed by atoms with Crippen LogP contribution in [0.2, 0.25) is 0 Å². The van der Waals surface area contributed by atoms with Crippen molar-refractivity contribution in [1.29, 1.82) is 0 Å². The van der Waals surface area contributed by atoms with Crippen molar-refractivity contribution in [2.24, 2.45) is 11.8 Å². The summed E-state index contributed by atoms with van der Waals surface area (Å²) < 4.78 is 1.41. The predicted molar refractivity (Wildman–Crippen MR) is 95.4 cm³/mol. The Morgan fingerprint density at radius 1 is 1.14 bits per heavy atom. The maximum absolute atomic E-state index is 2.41. The second-order valence-corrected chi connectivity index (χ2v) is 7.50. The number of halogens is 1. The highest BCUT2D eigenvalue weighted by atomic mass is 35.5. The molecule has 1 fully saturated rings. The van der Waals surface area contributed by atoms with Gasteiger partial charge in [-0.05, 0) is 90.9 Å². The molecule has 0 spiro atoms. The fourth-order valence-corrected chi connectivity index (χ4v) is 4.92. The molecule has 1 saturated carbocycles. The van der Waals surface area contributed by atoms with Gasteiger partial charge in [-0.25, -0.2) is 0 Å². The first kappa shape index (κ1) is 15.1. The molecular weight excluding hydrogens is 298 g/mol. The summed E-state index contributed by atoms with van der Waals surface area (Å²) in [5.74, 6) is 1.68. The number of hydrogen-bond acceptors (Lipinski definition) is 2. The lowest BCUT2D eigenvalue weighted by atomic mass is 9.87. The molecule has 0 N–H and O–H groups in total. The van der Waals surface area contributed by atoms with E-state index in [4.69, 9.17) is 0 Å². The second kappa shape index (κ2) is 5.75. The number of nitrogens with zero attached hydrogens (tertiary/aromatic N) is 1. The molecule has 3 heteroatoms. The van der Waals surface area contributed by atoms with E-state index in [1.807, 2.05) is 11.3 Å². The lowest BCUT2D eigenvalue weighted by Crippen LogP contribution is -2.19. The lowest BCUT2D eigenvalue weighted by molar-refractivity contribution is 0.423. The van der Waals surface area contributed by atoms with Crippen LogP contribution >= 0.6 is 23.7 Å². The molecule has 2 bridgehead atoms. The molecule has 112 valence electrons. The fraction of sp³-hybridized carbons (Fsp3) is 0.444. The van der Waals surface area contributed by atoms with Crippen LogP contribution in [0.15, 0.2) is 35.2 Å². The van der Waals surface area contributed by atoms with E-state index in [0.717, 1.165) is 18.4 Å². The molecule has 1 heterocycles. The average molecular weight is 320 g/mol. The van der Waals surface area contributed by atoms with Gasteiger partial charge < -0.3 is 4.90 Å². The van der Waals surface area contributed by atoms with Crippen molar-refractivity contribution in [3.05, 3.63) is 40.8 Å². The Morgan fingerprint density at radius 2 is 1.95 bits per heavy atom. The largest absolute Gasteiger partial charge is 0.305 e. The standard InChI is InChI=1S/C18H21NS.ClH/c1-19(2)11-16-12-3-4-14(9-12)18(16)15-5-6-17-13(10-15)7-8-20-17;/h5-8,10,12,14H,3-4,9,11H2,1-2H3;1H/t12-,14+;/m0./s1. The minimum atomic E-state index is 0. The van der Waals surface area contributed by atoms with E-state index < -0.39 is 0 Å². The van der Waals surface area contributed by atoms with Crippen molar-refractivity contribution in [2.45, 2.75) is 19.3 Å². The molecular formula is C18H22ClNS. The van der Waals surface area contributed by atoms with Crippen LogP contribution in [-0.2, 0) is 0 Å². The molecule has 0 aliphatic heterocycles. The monoisotopic (exact) mass is 319 g/mol. The first-order chi connectivity index (χ1) is 9.72. The van der Waals surface area contributed by atoms with Crippen LogP contribution in [-0.4, -0.2) is 25.5 Å². The zero-order chi connectivity index (χ0) is 13.7. The SMILES string of the molecule is CN(C)CC1=C(c2ccc3sccc3c2)[C@@H]2CC[C@H]1C2.Cl. The first-order valence-corrected chi connectivity index (χ1v) is 8.45. The van der Waals surface area contributed by atoms with Crippen molar-refractivity contribution in [3.8, 4) is 0 Å². The minimum Gasteiger partial charge on any atom is -0.305 e. The molecule has 0 radical (unpaired) electrons. The van der Waals surface area contributed by atoms with Crippen LogP contribution in [0.5, 0.6) is 0 Å². The molecule has 1 aromatic carbocycles. The Hall–Kier alpha value is -0.830. The van der Waals surface area contributed by atoms with Crippen molar-refractivity contribution in [3.63, 3.8) is 0 Å². The Labute approximate surface area is 137 Å². The molecule has 1 nitrogen and oxygen atoms in total. The predicted octanol–water partition coefficient (Wildman–Crippen LogP) is 5.07. The summed E-state index contributed by atoms with van der Waals surface area (Å²) in [6.07, 6.45) is 4.22. The first-order valence-electron chi connectivity index (χ1n) is 7.57. The summed E-state index contributed by atoms with van der Waals surface area (Å²) in [4.78, 5) is 2.33. The van der Waals surface area contributed by atoms with Gasteiger partial charge in [-0.15, -0.1) is 23.7 Å². The average Bonchev–Trinajstić information content (AvgIpc) is 3.12. The minimum absolute atomic E-state index is 0. The molecule has 0 saturated heterocycles. The molecule has 0 unspecified atom stereocenters. The van der Waals surface area contributed by atoms with Gasteiger partial charge in [0.2, 0.25) is 0 Å². The molecule has 2 atom stereocenters. The van der Waals surface area contributed by atoms with E-state index in [1.165, 1.54) is 34.9 Å². The molecule has 21 heavy (non-hydrogen) atoms. The second-order valence-electron chi connectivity index (χ2n) is 6.56. The molecule has 2 aliphatic carbocycles. The van der Waals surface area contributed by atoms with Gasteiger partial charge >= 0.3 is 0 Å². The highest BCUT2D eigenvalue weighted by Crippen LogP contribution is 2.52. The summed E-state index contributed by atoms with van der Waals surface area (Å²) in [5.41, 5.74) is 4.89. The summed E-state index contributed by atoms with van der Waals surface area (Å²) in [6, 6.07) is 9.33. The van der Waals surface area contributed by atoms with E-state index in [2.05, 4.69) is 48.6 Å². The van der Waals surface area contributed by atoms with Crippen LogP contribution in [0.3, 0.4) is 0 Å². The van der Waals surface area contributed by atoms with Crippen LogP contribution in [0.4, 0.5) is 0 Å². The van der Waals surface area contributed by atoms with Gasteiger partial charge in [0.25, 0.3) is 0 Å². The Morgan fingerprint density at radius 3 is 2.76 bits per heavy atom. The molecule has 2 aromatic rings. The maximum Gasteiger partial charge on any atom is 0.0343 e. The van der Waals surface area contributed by atoms with Gasteiger partial charge in [-0.2, -0.15) is 0 Å². The number of hydrogen-bond donors (Lipinski definition) is 0. The van der Waals surface area contributed by atoms with E-state index in [9.17, 15) is 0 Å². The van der Waals surface area contributed by atoms with E-state index in [-0.39, 0.29) is 12.4 Å². The number of thiophene rings is 1. The van der Waals surface area contributed by atoms with Gasteiger partial charge in [-0.1, -0.05) is 6.07 Å². The van der Waals surface area contributed by atoms with Crippen molar-refractivity contribution in [1.82, 2.24) is 4.90 Å². The topological polar surface area (TPSA) is 3.24 Å². The Kier molecular flexibility index (Phi) is 4.13. The summed E-state index contributed by atoms with van der Waals surface area (Å²) >= 11 is 1.84. The summed E-state index contributed by atoms with van der Waals surface area (Å²) in [6.45, 7) is 1.14. The fourth-order valence-electron chi connectivity index (χ4n) is 4.15. The number of rotatable bonds is 3. The van der Waals surface area contributed by atoms with Gasteiger partial charge in [0.1, 0.15) is 0 Å². The van der Waals surface area contributed by atoms with Gasteiger partial charge in [0.05, 0.1) is 0 Å². The number of likely N-dealkylation sites (N-methyl/N-ethyl adjacent to an activating group) is 1. The van der Waals surface area contributed by atoms with Crippen LogP contribution in [0.25, 0.3) is 15.7 Å². The molecule has 2 aliphatic rings. The van der Waals surface area contributed by atoms with Crippen LogP contribution in [0, 0.1) is 11.8 Å². The maximum atomic E-state index is 2.41. The molecule has 1 aromatic heterocycles. The Balaban J connectivity index is 0.00000132. The third kappa shape index (κ3) is 2.54. The molecule has 4 rings (SSSR count). The highest BCUT2D eigenvalue weighted by molar-refractivity contribution is 7.17. The van der Waals surface area contributed by atoms with Crippen LogP contribution in [0.1, 0.15) is 24.8 Å². The molecule has 0 amide bonds. The van der Waals surface area contributed by atoms with Crippen molar-refractivity contribution < 1.29 is 0 Å². The van der Waals surface area contributed by atoms with Crippen molar-refractivity contribution >= 4 is 39.4 Å². The quantitative estimate of drug-likeness (QED) is 0.763. The van der Waals surface area contributed by atoms with Gasteiger partial charge in [0, 0.05) is 11.2 Å². The smallest absolute Gasteiger partial charge is 0.0343 e.